The quantitative estimate of drug-likeness (QED) is 0.479. The van der Waals surface area contributed by atoms with E-state index in [0.29, 0.717) is 0 Å². The summed E-state index contributed by atoms with van der Waals surface area (Å²) in [7, 11) is 0. The molecule has 0 spiro atoms. The molecule has 0 aromatic carbocycles. The van der Waals surface area contributed by atoms with Gasteiger partial charge in [-0.1, -0.05) is 5.92 Å². The molecule has 4 atom stereocenters. The predicted molar refractivity (Wildman–Crippen MR) is 80.9 cm³/mol. The van der Waals surface area contributed by atoms with E-state index < -0.39 is 57.8 Å². The maximum Gasteiger partial charge on any atom is 0.182 e. The number of aliphatic hydroxyl groups is 2. The molecule has 2 aliphatic rings. The Labute approximate surface area is 134 Å². The maximum atomic E-state index is 14.4. The van der Waals surface area contributed by atoms with Crippen LogP contribution in [0, 0.1) is 18.2 Å². The Kier molecular flexibility index (Phi) is 3.76. The fraction of sp³-hybridized carbons (Fsp3) is 0.417. The number of amidine groups is 1. The van der Waals surface area contributed by atoms with Crippen molar-refractivity contribution >= 4 is 33.0 Å². The number of terminal acetylenes is 1. The van der Waals surface area contributed by atoms with Gasteiger partial charge in [-0.05, 0) is 0 Å². The molecule has 0 bridgehead atoms. The number of alkyl halides is 1. The highest BCUT2D eigenvalue weighted by Crippen LogP contribution is 2.43. The molecule has 1 fully saturated rings. The van der Waals surface area contributed by atoms with E-state index in [9.17, 15) is 19.0 Å². The van der Waals surface area contributed by atoms with Crippen LogP contribution in [0.3, 0.4) is 0 Å². The lowest BCUT2D eigenvalue weighted by atomic mass is 9.98. The van der Waals surface area contributed by atoms with Gasteiger partial charge in [-0.2, -0.15) is 6.35 Å². The van der Waals surface area contributed by atoms with E-state index in [1.807, 2.05) is 0 Å². The second kappa shape index (κ2) is 5.34. The number of fused-ring (bicyclic) bond motifs is 1. The molecule has 3 rings (SSSR count). The lowest BCUT2D eigenvalue weighted by Crippen LogP contribution is -2.44. The SMILES string of the molecule is C#CC1(CO)OC(n2cc(F)c3c2N=IN=C3N)C(F)C1O. The second-order valence-corrected chi connectivity index (χ2v) is 6.20. The normalized spacial score (nSPS) is 33.8. The molecule has 3 heterocycles. The van der Waals surface area contributed by atoms with E-state index in [2.05, 4.69) is 12.3 Å². The molecular formula is C12H11F2IN4O3. The van der Waals surface area contributed by atoms with Crippen molar-refractivity contribution in [2.75, 3.05) is 6.61 Å². The largest absolute Gasteiger partial charge is 0.392 e. The topological polar surface area (TPSA) is 105 Å². The van der Waals surface area contributed by atoms with Crippen LogP contribution in [0.5, 0.6) is 0 Å². The van der Waals surface area contributed by atoms with E-state index in [1.54, 1.807) is 0 Å². The first-order chi connectivity index (χ1) is 10.4. The Hall–Kier alpha value is -1.42. The van der Waals surface area contributed by atoms with Crippen molar-refractivity contribution in [3.05, 3.63) is 17.6 Å². The van der Waals surface area contributed by atoms with Crippen LogP contribution in [0.2, 0.25) is 0 Å². The van der Waals surface area contributed by atoms with Crippen molar-refractivity contribution in [1.82, 2.24) is 4.57 Å². The fourth-order valence-corrected chi connectivity index (χ4v) is 3.68. The van der Waals surface area contributed by atoms with Crippen LogP contribution in [-0.4, -0.2) is 45.1 Å². The van der Waals surface area contributed by atoms with Crippen molar-refractivity contribution in [3.8, 4) is 12.3 Å². The molecule has 0 amide bonds. The Morgan fingerprint density at radius 2 is 2.36 bits per heavy atom. The van der Waals surface area contributed by atoms with Gasteiger partial charge in [0.2, 0.25) is 0 Å². The van der Waals surface area contributed by atoms with Crippen molar-refractivity contribution in [3.63, 3.8) is 0 Å². The van der Waals surface area contributed by atoms with Gasteiger partial charge in [0.15, 0.2) is 29.6 Å². The summed E-state index contributed by atoms with van der Waals surface area (Å²) in [5.41, 5.74) is 3.72. The van der Waals surface area contributed by atoms with Crippen molar-refractivity contribution < 1.29 is 23.7 Å². The zero-order valence-corrected chi connectivity index (χ0v) is 13.1. The number of rotatable bonds is 2. The number of aliphatic hydroxyl groups excluding tert-OH is 2. The van der Waals surface area contributed by atoms with Crippen molar-refractivity contribution in [1.29, 1.82) is 0 Å². The molecule has 0 aliphatic carbocycles. The lowest BCUT2D eigenvalue weighted by Gasteiger charge is -2.23. The van der Waals surface area contributed by atoms with Gasteiger partial charge in [0.1, 0.15) is 33.2 Å². The molecule has 1 aromatic rings. The molecular weight excluding hydrogens is 413 g/mol. The Bertz CT molecular complexity index is 729. The van der Waals surface area contributed by atoms with E-state index in [0.717, 1.165) is 10.8 Å². The molecule has 0 radical (unpaired) electrons. The highest BCUT2D eigenvalue weighted by molar-refractivity contribution is 14.1. The summed E-state index contributed by atoms with van der Waals surface area (Å²) in [4.78, 5) is 0. The fourth-order valence-electron chi connectivity index (χ4n) is 2.41. The highest BCUT2D eigenvalue weighted by atomic mass is 127. The van der Waals surface area contributed by atoms with Gasteiger partial charge in [-0.25, -0.2) is 8.78 Å². The average Bonchev–Trinajstić information content (AvgIpc) is 2.98. The van der Waals surface area contributed by atoms with Gasteiger partial charge in [-0.3, -0.25) is 4.57 Å². The van der Waals surface area contributed by atoms with Crippen molar-refractivity contribution in [2.24, 2.45) is 12.1 Å². The first-order valence-electron chi connectivity index (χ1n) is 6.12. The third-order valence-corrected chi connectivity index (χ3v) is 5.01. The summed E-state index contributed by atoms with van der Waals surface area (Å²) in [5.74, 6) is 1.43. The molecule has 4 N–H and O–H groups in total. The zero-order chi connectivity index (χ0) is 16.1. The molecule has 1 aromatic heterocycles. The predicted octanol–water partition coefficient (Wildman–Crippen LogP) is 0.639. The first-order valence-corrected chi connectivity index (χ1v) is 8.05. The van der Waals surface area contributed by atoms with Gasteiger partial charge < -0.3 is 20.7 Å². The highest BCUT2D eigenvalue weighted by Gasteiger charge is 2.55. The summed E-state index contributed by atoms with van der Waals surface area (Å²) in [6, 6.07) is 0. The number of ether oxygens (including phenoxy) is 1. The third kappa shape index (κ3) is 2.00. The first kappa shape index (κ1) is 15.5. The number of halogens is 3. The zero-order valence-electron chi connectivity index (χ0n) is 10.9. The lowest BCUT2D eigenvalue weighted by molar-refractivity contribution is -0.0904. The van der Waals surface area contributed by atoms with E-state index >= 15 is 0 Å². The molecule has 2 aliphatic heterocycles. The summed E-state index contributed by atoms with van der Waals surface area (Å²) in [6.07, 6.45) is 1.07. The molecule has 4 unspecified atom stereocenters. The van der Waals surface area contributed by atoms with Crippen LogP contribution in [0.1, 0.15) is 11.8 Å². The molecule has 7 nitrogen and oxygen atoms in total. The number of hydrogen-bond acceptors (Lipinski definition) is 6. The van der Waals surface area contributed by atoms with E-state index in [1.165, 1.54) is 0 Å². The van der Waals surface area contributed by atoms with Crippen LogP contribution in [0.4, 0.5) is 14.6 Å². The van der Waals surface area contributed by atoms with E-state index in [-0.39, 0.29) is 17.2 Å². The van der Waals surface area contributed by atoms with Gasteiger partial charge >= 0.3 is 0 Å². The van der Waals surface area contributed by atoms with Crippen LogP contribution < -0.4 is 5.73 Å². The van der Waals surface area contributed by atoms with Crippen LogP contribution in [0.15, 0.2) is 12.5 Å². The van der Waals surface area contributed by atoms with Gasteiger partial charge in [-0.15, -0.1) is 6.42 Å². The Morgan fingerprint density at radius 1 is 1.64 bits per heavy atom. The van der Waals surface area contributed by atoms with Crippen molar-refractivity contribution in [2.45, 2.75) is 24.1 Å². The maximum absolute atomic E-state index is 14.4. The molecule has 22 heavy (non-hydrogen) atoms. The second-order valence-electron chi connectivity index (χ2n) is 4.80. The standard InChI is InChI=1S/C12H11F2IN4O3/c1-2-12(4-20)8(21)7(14)11(22-12)19-3-5(13)6-9(16)17-15-18-10(6)19/h1,3,7-8,11,20-21H,4H2,(H2,16,17,18). The number of nitrogens with two attached hydrogens (primary N) is 1. The molecule has 118 valence electrons. The summed E-state index contributed by atoms with van der Waals surface area (Å²) in [5, 5.41) is 19.2. The monoisotopic (exact) mass is 424 g/mol. The van der Waals surface area contributed by atoms with Gasteiger partial charge in [0, 0.05) is 6.20 Å². The minimum Gasteiger partial charge on any atom is -0.392 e. The third-order valence-electron chi connectivity index (χ3n) is 3.60. The molecule has 10 heteroatoms. The minimum atomic E-state index is -1.97. The number of nitrogens with zero attached hydrogens (tertiary/aromatic N) is 3. The van der Waals surface area contributed by atoms with Crippen LogP contribution in [0.25, 0.3) is 0 Å². The molecule has 0 saturated carbocycles. The van der Waals surface area contributed by atoms with Crippen LogP contribution >= 0.6 is 21.3 Å². The average molecular weight is 424 g/mol. The van der Waals surface area contributed by atoms with Crippen LogP contribution in [-0.2, 0) is 4.74 Å². The Balaban J connectivity index is 2.08. The molecule has 1 saturated heterocycles. The number of aromatic nitrogens is 1. The van der Waals surface area contributed by atoms with Gasteiger partial charge in [0.05, 0.1) is 12.2 Å². The van der Waals surface area contributed by atoms with E-state index in [4.69, 9.17) is 16.9 Å². The number of hydrogen-bond donors (Lipinski definition) is 3. The summed E-state index contributed by atoms with van der Waals surface area (Å²) < 4.78 is 42.8. The minimum absolute atomic E-state index is 0.00613. The smallest absolute Gasteiger partial charge is 0.182 e. The Morgan fingerprint density at radius 3 is 2.95 bits per heavy atom. The summed E-state index contributed by atoms with van der Waals surface area (Å²) >= 11 is -1.02. The van der Waals surface area contributed by atoms with Gasteiger partial charge in [0.25, 0.3) is 0 Å². The summed E-state index contributed by atoms with van der Waals surface area (Å²) in [6.45, 7) is -0.777.